The van der Waals surface area contributed by atoms with Gasteiger partial charge in [-0.2, -0.15) is 0 Å². The molecule has 12 nitrogen and oxygen atoms in total. The molecular weight excluding hydrogens is 592 g/mol. The Bertz CT molecular complexity index is 1350. The first kappa shape index (κ1) is 35.5. The highest BCUT2D eigenvalue weighted by molar-refractivity contribution is 5.75. The molecule has 0 saturated heterocycles. The number of nitrogens with two attached hydrogens (primary N) is 1. The zero-order valence-electron chi connectivity index (χ0n) is 25.7. The highest BCUT2D eigenvalue weighted by Crippen LogP contribution is 2.09. The third-order valence-electron chi connectivity index (χ3n) is 6.83. The van der Waals surface area contributed by atoms with Crippen LogP contribution in [-0.4, -0.2) is 59.4 Å². The van der Waals surface area contributed by atoms with Crippen molar-refractivity contribution in [1.82, 2.24) is 15.8 Å². The first-order valence-corrected chi connectivity index (χ1v) is 15.2. The Labute approximate surface area is 268 Å². The van der Waals surface area contributed by atoms with Crippen LogP contribution in [0.4, 0.5) is 9.59 Å². The van der Waals surface area contributed by atoms with Crippen molar-refractivity contribution < 1.29 is 38.5 Å². The fourth-order valence-electron chi connectivity index (χ4n) is 4.33. The molecule has 3 aromatic carbocycles. The summed E-state index contributed by atoms with van der Waals surface area (Å²) in [4.78, 5) is 49.2. The van der Waals surface area contributed by atoms with E-state index < -0.39 is 42.6 Å². The number of alkyl carbamates (subject to hydrolysis) is 1. The topological polar surface area (TPSA) is 170 Å². The summed E-state index contributed by atoms with van der Waals surface area (Å²) in [5.41, 5.74) is 11.4. The fourth-order valence-corrected chi connectivity index (χ4v) is 4.33. The maximum Gasteiger partial charge on any atom is 0.424 e. The van der Waals surface area contributed by atoms with Crippen LogP contribution in [-0.2, 0) is 43.6 Å². The third kappa shape index (κ3) is 14.2. The molecule has 5 N–H and O–H groups in total. The van der Waals surface area contributed by atoms with Gasteiger partial charge in [0.15, 0.2) is 0 Å². The van der Waals surface area contributed by atoms with Gasteiger partial charge in [-0.25, -0.2) is 20.0 Å². The number of unbranched alkanes of at least 4 members (excludes halogenated alkanes) is 2. The Morgan fingerprint density at radius 1 is 0.717 bits per heavy atom. The number of amides is 2. The first-order valence-electron chi connectivity index (χ1n) is 15.2. The minimum atomic E-state index is -1.13. The van der Waals surface area contributed by atoms with E-state index in [1.54, 1.807) is 12.1 Å². The Kier molecular flexibility index (Phi) is 15.6. The zero-order valence-corrected chi connectivity index (χ0v) is 25.7. The molecule has 1 unspecified atom stereocenters. The molecule has 0 aliphatic heterocycles. The number of hydrogen-bond acceptors (Lipinski definition) is 9. The van der Waals surface area contributed by atoms with Crippen LogP contribution in [0.2, 0.25) is 0 Å². The van der Waals surface area contributed by atoms with Crippen molar-refractivity contribution in [1.29, 1.82) is 0 Å². The lowest BCUT2D eigenvalue weighted by Crippen LogP contribution is -2.51. The summed E-state index contributed by atoms with van der Waals surface area (Å²) in [6.45, 7) is 0.360. The molecule has 0 spiro atoms. The number of carbonyl (C=O) groups is 4. The van der Waals surface area contributed by atoms with E-state index >= 15 is 0 Å². The zero-order chi connectivity index (χ0) is 33.0. The number of esters is 1. The maximum absolute atomic E-state index is 13.0. The highest BCUT2D eigenvalue weighted by atomic mass is 16.6. The van der Waals surface area contributed by atoms with Gasteiger partial charge in [0.1, 0.15) is 25.9 Å². The summed E-state index contributed by atoms with van der Waals surface area (Å²) in [5.74, 6) is -1.61. The third-order valence-corrected chi connectivity index (χ3v) is 6.83. The van der Waals surface area contributed by atoms with Gasteiger partial charge in [0.05, 0.1) is 12.5 Å². The number of carboxylic acids is 1. The summed E-state index contributed by atoms with van der Waals surface area (Å²) in [6.07, 6.45) is 0.361. The lowest BCUT2D eigenvalue weighted by atomic mass is 10.1. The monoisotopic (exact) mass is 634 g/mol. The first-order chi connectivity index (χ1) is 22.3. The van der Waals surface area contributed by atoms with Gasteiger partial charge < -0.3 is 30.4 Å². The summed E-state index contributed by atoms with van der Waals surface area (Å²) in [7, 11) is 0. The molecule has 12 heteroatoms. The van der Waals surface area contributed by atoms with Crippen molar-refractivity contribution in [3.05, 3.63) is 108 Å². The molecule has 0 bridgehead atoms. The Hall–Kier alpha value is -4.94. The van der Waals surface area contributed by atoms with Crippen LogP contribution in [0.3, 0.4) is 0 Å². The maximum atomic E-state index is 13.0. The number of aliphatic carboxylic acids is 1. The molecule has 0 heterocycles. The summed E-state index contributed by atoms with van der Waals surface area (Å²) < 4.78 is 16.0. The van der Waals surface area contributed by atoms with Gasteiger partial charge >= 0.3 is 24.1 Å². The molecule has 3 aromatic rings. The second-order valence-corrected chi connectivity index (χ2v) is 10.6. The average molecular weight is 635 g/mol. The number of nitrogens with one attached hydrogen (secondary N) is 2. The number of hydrogen-bond donors (Lipinski definition) is 4. The average Bonchev–Trinajstić information content (AvgIpc) is 3.07. The standard InChI is InChI=1S/C34H42N4O8/c35-30(32(41)44-23-26-13-5-1-6-14-26)19-11-4-12-20-38(34(43)46-25-28-17-9-3-10-18-28)36-22-29(21-31(39)40)37-33(42)45-24-27-15-7-2-8-16-27/h1-3,5-10,13-18,29-30,36H,4,11-12,19-25,35H2,(H,37,42)(H,39,40)/t29-,30?/m0/s1. The van der Waals surface area contributed by atoms with Gasteiger partial charge in [0.2, 0.25) is 0 Å². The second-order valence-electron chi connectivity index (χ2n) is 10.6. The summed E-state index contributed by atoms with van der Waals surface area (Å²) >= 11 is 0. The number of hydrazine groups is 1. The molecule has 246 valence electrons. The van der Waals surface area contributed by atoms with E-state index in [0.717, 1.165) is 16.7 Å². The smallest absolute Gasteiger partial charge is 0.424 e. The number of benzene rings is 3. The minimum Gasteiger partial charge on any atom is -0.481 e. The van der Waals surface area contributed by atoms with Crippen LogP contribution < -0.4 is 16.5 Å². The normalized spacial score (nSPS) is 11.9. The van der Waals surface area contributed by atoms with Crippen molar-refractivity contribution in [2.75, 3.05) is 13.1 Å². The van der Waals surface area contributed by atoms with Crippen LogP contribution in [0.5, 0.6) is 0 Å². The lowest BCUT2D eigenvalue weighted by molar-refractivity contribution is -0.146. The van der Waals surface area contributed by atoms with E-state index in [9.17, 15) is 24.3 Å². The number of nitrogens with zero attached hydrogens (tertiary/aromatic N) is 1. The van der Waals surface area contributed by atoms with Crippen LogP contribution in [0, 0.1) is 0 Å². The summed E-state index contributed by atoms with van der Waals surface area (Å²) in [5, 5.41) is 13.2. The van der Waals surface area contributed by atoms with Crippen molar-refractivity contribution in [3.8, 4) is 0 Å². The predicted molar refractivity (Wildman–Crippen MR) is 170 cm³/mol. The van der Waals surface area contributed by atoms with Gasteiger partial charge in [-0.3, -0.25) is 9.59 Å². The molecule has 0 aliphatic carbocycles. The molecule has 3 rings (SSSR count). The minimum absolute atomic E-state index is 0.0201. The van der Waals surface area contributed by atoms with Crippen LogP contribution in [0.1, 0.15) is 48.8 Å². The van der Waals surface area contributed by atoms with E-state index in [0.29, 0.717) is 25.7 Å². The summed E-state index contributed by atoms with van der Waals surface area (Å²) in [6, 6.07) is 25.9. The Morgan fingerprint density at radius 3 is 1.78 bits per heavy atom. The lowest BCUT2D eigenvalue weighted by Gasteiger charge is -2.26. The Morgan fingerprint density at radius 2 is 1.24 bits per heavy atom. The van der Waals surface area contributed by atoms with E-state index in [1.165, 1.54) is 5.01 Å². The SMILES string of the molecule is NC(CCCCCN(NC[C@H](CC(=O)O)NC(=O)OCc1ccccc1)C(=O)OCc1ccccc1)C(=O)OCc1ccccc1. The van der Waals surface area contributed by atoms with Gasteiger partial charge in [-0.15, -0.1) is 0 Å². The van der Waals surface area contributed by atoms with Crippen LogP contribution >= 0.6 is 0 Å². The molecule has 2 amide bonds. The van der Waals surface area contributed by atoms with E-state index in [1.807, 2.05) is 78.9 Å². The van der Waals surface area contributed by atoms with E-state index in [2.05, 4.69) is 10.7 Å². The van der Waals surface area contributed by atoms with Crippen molar-refractivity contribution in [2.45, 2.75) is 64.0 Å². The molecule has 0 radical (unpaired) electrons. The number of rotatable bonds is 19. The highest BCUT2D eigenvalue weighted by Gasteiger charge is 2.21. The van der Waals surface area contributed by atoms with Crippen LogP contribution in [0.25, 0.3) is 0 Å². The van der Waals surface area contributed by atoms with Gasteiger partial charge in [0.25, 0.3) is 0 Å². The molecule has 2 atom stereocenters. The number of carboxylic acid groups (broad SMARTS) is 1. The fraction of sp³-hybridized carbons (Fsp3) is 0.353. The van der Waals surface area contributed by atoms with Crippen LogP contribution in [0.15, 0.2) is 91.0 Å². The largest absolute Gasteiger partial charge is 0.481 e. The van der Waals surface area contributed by atoms with Crippen molar-refractivity contribution in [3.63, 3.8) is 0 Å². The molecular formula is C34H42N4O8. The quantitative estimate of drug-likeness (QED) is 0.0636. The molecule has 0 fully saturated rings. The van der Waals surface area contributed by atoms with E-state index in [4.69, 9.17) is 19.9 Å². The predicted octanol–water partition coefficient (Wildman–Crippen LogP) is 4.53. The van der Waals surface area contributed by atoms with E-state index in [-0.39, 0.29) is 32.9 Å². The van der Waals surface area contributed by atoms with Gasteiger partial charge in [-0.1, -0.05) is 104 Å². The van der Waals surface area contributed by atoms with Crippen molar-refractivity contribution in [2.24, 2.45) is 5.73 Å². The molecule has 0 aromatic heterocycles. The molecule has 0 saturated carbocycles. The number of carbonyl (C=O) groups excluding carboxylic acids is 3. The number of ether oxygens (including phenoxy) is 3. The second kappa shape index (κ2) is 20.2. The van der Waals surface area contributed by atoms with Gasteiger partial charge in [0, 0.05) is 13.1 Å². The van der Waals surface area contributed by atoms with Gasteiger partial charge in [-0.05, 0) is 29.5 Å². The molecule has 46 heavy (non-hydrogen) atoms. The molecule has 0 aliphatic rings. The van der Waals surface area contributed by atoms with Crippen molar-refractivity contribution >= 4 is 24.1 Å². The Balaban J connectivity index is 1.49.